The van der Waals surface area contributed by atoms with E-state index in [0.717, 1.165) is 75.3 Å². The Kier molecular flexibility index (Phi) is 25.2. The van der Waals surface area contributed by atoms with Gasteiger partial charge in [-0.1, -0.05) is 157 Å². The molecule has 0 saturated heterocycles. The van der Waals surface area contributed by atoms with Gasteiger partial charge in [0.05, 0.1) is 6.42 Å². The number of rotatable bonds is 34. The van der Waals surface area contributed by atoms with Crippen LogP contribution in [0.4, 0.5) is 0 Å². The summed E-state index contributed by atoms with van der Waals surface area (Å²) in [4.78, 5) is 87.7. The number of primary amides is 2. The van der Waals surface area contributed by atoms with Crippen molar-refractivity contribution in [1.29, 1.82) is 0 Å². The summed E-state index contributed by atoms with van der Waals surface area (Å²) in [6.07, 6.45) is 12.5. The normalized spacial score (nSPS) is 13.2. The third kappa shape index (κ3) is 22.1. The van der Waals surface area contributed by atoms with Crippen molar-refractivity contribution in [2.24, 2.45) is 17.4 Å². The molecule has 3 rings (SSSR count). The highest BCUT2D eigenvalue weighted by molar-refractivity contribution is 5.94. The minimum absolute atomic E-state index is 0.0433. The Bertz CT molecular complexity index is 1950. The van der Waals surface area contributed by atoms with Crippen LogP contribution in [0.15, 0.2) is 84.9 Å². The largest absolute Gasteiger partial charge is 0.489 e. The summed E-state index contributed by atoms with van der Waals surface area (Å²) in [7, 11) is 0. The quantitative estimate of drug-likeness (QED) is 0.0350. The van der Waals surface area contributed by atoms with Crippen molar-refractivity contribution in [3.8, 4) is 5.75 Å². The second-order valence-corrected chi connectivity index (χ2v) is 17.1. The zero-order valence-corrected chi connectivity index (χ0v) is 38.8. The molecule has 0 bridgehead atoms. The number of carbonyl (C=O) groups is 7. The lowest BCUT2D eigenvalue weighted by Crippen LogP contribution is -2.55. The molecule has 0 saturated carbocycles. The monoisotopic (exact) mass is 913 g/mol. The maximum Gasteiger partial charge on any atom is 0.326 e. The lowest BCUT2D eigenvalue weighted by atomic mass is 9.97. The van der Waals surface area contributed by atoms with Gasteiger partial charge in [-0.05, 0) is 47.6 Å². The van der Waals surface area contributed by atoms with Crippen LogP contribution in [0.25, 0.3) is 0 Å². The van der Waals surface area contributed by atoms with Crippen LogP contribution in [-0.4, -0.2) is 70.7 Å². The molecule has 0 aromatic heterocycles. The van der Waals surface area contributed by atoms with Gasteiger partial charge in [-0.15, -0.1) is 0 Å². The third-order valence-electron chi connectivity index (χ3n) is 11.6. The molecule has 0 spiro atoms. The lowest BCUT2D eigenvalue weighted by molar-refractivity contribution is -0.142. The fourth-order valence-corrected chi connectivity index (χ4v) is 7.47. The molecule has 3 aromatic carbocycles. The van der Waals surface area contributed by atoms with Crippen LogP contribution in [-0.2, 0) is 53.0 Å². The molecule has 0 heterocycles. The summed E-state index contributed by atoms with van der Waals surface area (Å²) in [5.41, 5.74) is 13.6. The highest BCUT2D eigenvalue weighted by Crippen LogP contribution is 2.17. The fourth-order valence-electron chi connectivity index (χ4n) is 7.47. The van der Waals surface area contributed by atoms with Crippen LogP contribution >= 0.6 is 0 Å². The van der Waals surface area contributed by atoms with E-state index in [1.54, 1.807) is 30.3 Å². The van der Waals surface area contributed by atoms with E-state index >= 15 is 0 Å². The van der Waals surface area contributed by atoms with Gasteiger partial charge >= 0.3 is 5.97 Å². The first-order chi connectivity index (χ1) is 31.7. The van der Waals surface area contributed by atoms with Crippen LogP contribution in [0.5, 0.6) is 5.75 Å². The van der Waals surface area contributed by atoms with Crippen molar-refractivity contribution in [2.75, 3.05) is 0 Å². The predicted molar refractivity (Wildman–Crippen MR) is 254 cm³/mol. The minimum Gasteiger partial charge on any atom is -0.489 e. The highest BCUT2D eigenvalue weighted by Gasteiger charge is 2.30. The Morgan fingerprint density at radius 2 is 1.00 bits per heavy atom. The number of carboxylic acid groups (broad SMARTS) is 1. The van der Waals surface area contributed by atoms with Crippen molar-refractivity contribution < 1.29 is 43.4 Å². The summed E-state index contributed by atoms with van der Waals surface area (Å²) in [5, 5.41) is 20.3. The van der Waals surface area contributed by atoms with Gasteiger partial charge < -0.3 is 42.6 Å². The standard InChI is InChI=1S/C51H72N6O9/c1-3-36(2)47(50(63)55-41(48(53)61)32-38-28-30-40(31-29-38)66-35-39-24-18-15-19-25-39)57-46(60)27-21-13-11-9-7-5-4-6-8-10-12-20-26-45(59)54-42(34-44(52)58)49(62)56-43(51(64)65)33-37-22-16-14-17-23-37/h14-19,22-25,28-31,36,41-43,47H,3-13,20-21,26-27,32-35H2,1-2H3,(H2,52,58)(H2,53,61)(H,54,59)(H,55,63)(H,56,62)(H,57,60)(H,64,65)/t36-,41-,42-,43-,47-/m0/s1. The molecule has 66 heavy (non-hydrogen) atoms. The first kappa shape index (κ1) is 54.1. The maximum absolute atomic E-state index is 13.4. The van der Waals surface area contributed by atoms with Gasteiger partial charge in [-0.3, -0.25) is 28.8 Å². The Morgan fingerprint density at radius 1 is 0.545 bits per heavy atom. The van der Waals surface area contributed by atoms with Gasteiger partial charge in [-0.25, -0.2) is 4.79 Å². The number of benzene rings is 3. The first-order valence-electron chi connectivity index (χ1n) is 23.5. The van der Waals surface area contributed by atoms with E-state index in [0.29, 0.717) is 43.6 Å². The van der Waals surface area contributed by atoms with Crippen molar-refractivity contribution in [1.82, 2.24) is 21.3 Å². The number of carbonyl (C=O) groups excluding carboxylic acids is 6. The number of ether oxygens (including phenoxy) is 1. The van der Waals surface area contributed by atoms with Gasteiger partial charge in [0.2, 0.25) is 35.4 Å². The molecular weight excluding hydrogens is 841 g/mol. The molecule has 3 aromatic rings. The van der Waals surface area contributed by atoms with Gasteiger partial charge in [0.1, 0.15) is 36.5 Å². The molecular formula is C51H72N6O9. The van der Waals surface area contributed by atoms with E-state index < -0.39 is 66.1 Å². The van der Waals surface area contributed by atoms with Crippen LogP contribution in [0.1, 0.15) is 133 Å². The Balaban J connectivity index is 1.24. The fraction of sp³-hybridized carbons (Fsp3) is 0.510. The topological polar surface area (TPSA) is 249 Å². The Labute approximate surface area is 390 Å². The first-order valence-corrected chi connectivity index (χ1v) is 23.5. The van der Waals surface area contributed by atoms with Gasteiger partial charge in [0.25, 0.3) is 0 Å². The van der Waals surface area contributed by atoms with Gasteiger partial charge in [0, 0.05) is 25.7 Å². The number of hydrogen-bond acceptors (Lipinski definition) is 8. The molecule has 15 nitrogen and oxygen atoms in total. The second-order valence-electron chi connectivity index (χ2n) is 17.1. The van der Waals surface area contributed by atoms with E-state index in [1.807, 2.05) is 68.4 Å². The summed E-state index contributed by atoms with van der Waals surface area (Å²) in [6, 6.07) is 21.7. The SMILES string of the molecule is CC[C@H](C)[C@H](NC(=O)CCCCCCCCCCCCCCC(=O)N[C@@H](CC(N)=O)C(=O)N[C@@H](Cc1ccccc1)C(=O)O)C(=O)N[C@@H](Cc1ccc(OCc2ccccc2)cc1)C(N)=O. The molecule has 360 valence electrons. The Hall–Kier alpha value is -6.25. The van der Waals surface area contributed by atoms with Crippen molar-refractivity contribution in [2.45, 2.75) is 160 Å². The van der Waals surface area contributed by atoms with E-state index in [1.165, 1.54) is 0 Å². The highest BCUT2D eigenvalue weighted by atomic mass is 16.5. The van der Waals surface area contributed by atoms with Gasteiger partial charge in [0.15, 0.2) is 0 Å². The molecule has 0 aliphatic rings. The summed E-state index contributed by atoms with van der Waals surface area (Å²) in [5.74, 6) is -3.96. The summed E-state index contributed by atoms with van der Waals surface area (Å²) in [6.45, 7) is 4.27. The molecule has 6 amide bonds. The number of unbranched alkanes of at least 4 members (excludes halogenated alkanes) is 11. The molecule has 0 aliphatic carbocycles. The molecule has 0 unspecified atom stereocenters. The average Bonchev–Trinajstić information content (AvgIpc) is 3.30. The molecule has 0 aliphatic heterocycles. The zero-order chi connectivity index (χ0) is 48.1. The number of nitrogens with one attached hydrogen (secondary N) is 4. The molecule has 0 fully saturated rings. The van der Waals surface area contributed by atoms with Crippen LogP contribution in [0, 0.1) is 5.92 Å². The van der Waals surface area contributed by atoms with Crippen molar-refractivity contribution in [3.05, 3.63) is 102 Å². The number of hydrogen-bond donors (Lipinski definition) is 7. The molecule has 9 N–H and O–H groups in total. The zero-order valence-electron chi connectivity index (χ0n) is 38.8. The van der Waals surface area contributed by atoms with Crippen molar-refractivity contribution >= 4 is 41.4 Å². The van der Waals surface area contributed by atoms with Crippen molar-refractivity contribution in [3.63, 3.8) is 0 Å². The lowest BCUT2D eigenvalue weighted by Gasteiger charge is -2.26. The maximum atomic E-state index is 13.4. The molecule has 15 heteroatoms. The van der Waals surface area contributed by atoms with E-state index in [2.05, 4.69) is 21.3 Å². The van der Waals surface area contributed by atoms with Crippen LogP contribution < -0.4 is 37.5 Å². The number of nitrogens with two attached hydrogens (primary N) is 2. The average molecular weight is 913 g/mol. The van der Waals surface area contributed by atoms with E-state index in [-0.39, 0.29) is 31.1 Å². The van der Waals surface area contributed by atoms with Crippen LogP contribution in [0.2, 0.25) is 0 Å². The number of carboxylic acids is 1. The van der Waals surface area contributed by atoms with E-state index in [4.69, 9.17) is 16.2 Å². The predicted octanol–water partition coefficient (Wildman–Crippen LogP) is 5.94. The molecule has 5 atom stereocenters. The Morgan fingerprint density at radius 3 is 1.48 bits per heavy atom. The minimum atomic E-state index is -1.27. The number of aliphatic carboxylic acids is 1. The van der Waals surface area contributed by atoms with Crippen LogP contribution in [0.3, 0.4) is 0 Å². The summed E-state index contributed by atoms with van der Waals surface area (Å²) < 4.78 is 5.85. The third-order valence-corrected chi connectivity index (χ3v) is 11.6. The van der Waals surface area contributed by atoms with Gasteiger partial charge in [-0.2, -0.15) is 0 Å². The number of amides is 6. The molecule has 0 radical (unpaired) electrons. The summed E-state index contributed by atoms with van der Waals surface area (Å²) >= 11 is 0. The second kappa shape index (κ2) is 30.8. The smallest absolute Gasteiger partial charge is 0.326 e. The van der Waals surface area contributed by atoms with E-state index in [9.17, 15) is 38.7 Å².